The zero-order valence-corrected chi connectivity index (χ0v) is 8.78. The largest absolute Gasteiger partial charge is 0.324 e. The van der Waals surface area contributed by atoms with Gasteiger partial charge in [0.15, 0.2) is 0 Å². The molecule has 0 spiro atoms. The molecule has 1 aromatic heterocycles. The lowest BCUT2D eigenvalue weighted by atomic mass is 10.1. The fourth-order valence-electron chi connectivity index (χ4n) is 1.28. The van der Waals surface area contributed by atoms with Gasteiger partial charge in [-0.15, -0.1) is 0 Å². The highest BCUT2D eigenvalue weighted by molar-refractivity contribution is 6.30. The van der Waals surface area contributed by atoms with Crippen LogP contribution in [0.15, 0.2) is 36.5 Å². The Balaban J connectivity index is 2.40. The Morgan fingerprint density at radius 2 is 1.87 bits per heavy atom. The van der Waals surface area contributed by atoms with Crippen LogP contribution in [0, 0.1) is 0 Å². The molecule has 4 heteroatoms. The van der Waals surface area contributed by atoms with Gasteiger partial charge < -0.3 is 5.73 Å². The number of nitrogens with two attached hydrogens (primary N) is 1. The van der Waals surface area contributed by atoms with E-state index in [0.29, 0.717) is 17.4 Å². The first kappa shape index (κ1) is 10.1. The maximum Gasteiger partial charge on any atom is 0.142 e. The van der Waals surface area contributed by atoms with Crippen molar-refractivity contribution in [1.82, 2.24) is 9.97 Å². The second-order valence-corrected chi connectivity index (χ2v) is 3.51. The average Bonchev–Trinajstić information content (AvgIpc) is 2.30. The van der Waals surface area contributed by atoms with Gasteiger partial charge in [0, 0.05) is 16.8 Å². The third-order valence-electron chi connectivity index (χ3n) is 2.03. The van der Waals surface area contributed by atoms with Crippen LogP contribution in [0.3, 0.4) is 0 Å². The fourth-order valence-corrected chi connectivity index (χ4v) is 1.40. The summed E-state index contributed by atoms with van der Waals surface area (Å²) in [6, 6.07) is 9.36. The summed E-state index contributed by atoms with van der Waals surface area (Å²) in [4.78, 5) is 8.35. The Morgan fingerprint density at radius 1 is 1.13 bits per heavy atom. The lowest BCUT2D eigenvalue weighted by molar-refractivity contribution is 0.912. The summed E-state index contributed by atoms with van der Waals surface area (Å²) < 4.78 is 0. The molecule has 2 aromatic rings. The summed E-state index contributed by atoms with van der Waals surface area (Å²) in [5.74, 6) is 0.641. The van der Waals surface area contributed by atoms with Crippen LogP contribution in [0.1, 0.15) is 5.82 Å². The van der Waals surface area contributed by atoms with Crippen LogP contribution < -0.4 is 5.73 Å². The maximum atomic E-state index is 5.80. The minimum Gasteiger partial charge on any atom is -0.324 e. The van der Waals surface area contributed by atoms with Gasteiger partial charge >= 0.3 is 0 Å². The van der Waals surface area contributed by atoms with E-state index in [-0.39, 0.29) is 0 Å². The van der Waals surface area contributed by atoms with Crippen molar-refractivity contribution in [2.45, 2.75) is 6.54 Å². The molecular weight excluding hydrogens is 210 g/mol. The summed E-state index contributed by atoms with van der Waals surface area (Å²) in [6.07, 6.45) is 1.71. The quantitative estimate of drug-likeness (QED) is 0.843. The van der Waals surface area contributed by atoms with Crippen LogP contribution in [0.4, 0.5) is 0 Å². The second-order valence-electron chi connectivity index (χ2n) is 3.07. The van der Waals surface area contributed by atoms with E-state index in [1.165, 1.54) is 0 Å². The topological polar surface area (TPSA) is 51.8 Å². The molecule has 0 aliphatic carbocycles. The molecule has 0 amide bonds. The molecule has 15 heavy (non-hydrogen) atoms. The number of hydrogen-bond donors (Lipinski definition) is 1. The van der Waals surface area contributed by atoms with Gasteiger partial charge in [-0.3, -0.25) is 0 Å². The molecular formula is C11H10ClN3. The van der Waals surface area contributed by atoms with Gasteiger partial charge in [0.1, 0.15) is 5.82 Å². The molecule has 0 radical (unpaired) electrons. The minimum absolute atomic E-state index is 0.349. The smallest absolute Gasteiger partial charge is 0.142 e. The Hall–Kier alpha value is -1.45. The number of rotatable bonds is 2. The molecule has 2 rings (SSSR count). The molecule has 0 unspecified atom stereocenters. The summed E-state index contributed by atoms with van der Waals surface area (Å²) in [7, 11) is 0. The van der Waals surface area contributed by atoms with Gasteiger partial charge in [-0.1, -0.05) is 23.7 Å². The van der Waals surface area contributed by atoms with E-state index in [0.717, 1.165) is 11.3 Å². The van der Waals surface area contributed by atoms with Crippen molar-refractivity contribution >= 4 is 11.6 Å². The van der Waals surface area contributed by atoms with Crippen molar-refractivity contribution in [3.05, 3.63) is 47.4 Å². The van der Waals surface area contributed by atoms with Gasteiger partial charge in [0.05, 0.1) is 12.2 Å². The molecule has 0 fully saturated rings. The predicted octanol–water partition coefficient (Wildman–Crippen LogP) is 2.26. The van der Waals surface area contributed by atoms with Gasteiger partial charge in [0.2, 0.25) is 0 Å². The third kappa shape index (κ3) is 2.32. The molecule has 76 valence electrons. The van der Waals surface area contributed by atoms with Crippen LogP contribution in [-0.2, 0) is 6.54 Å². The monoisotopic (exact) mass is 219 g/mol. The standard InChI is InChI=1S/C11H10ClN3/c12-9-3-1-8(2-4-9)10-5-6-14-11(7-13)15-10/h1-6H,7,13H2. The van der Waals surface area contributed by atoms with Crippen LogP contribution in [0.2, 0.25) is 5.02 Å². The summed E-state index contributed by atoms with van der Waals surface area (Å²) in [5.41, 5.74) is 7.35. The van der Waals surface area contributed by atoms with Crippen LogP contribution >= 0.6 is 11.6 Å². The Labute approximate surface area is 92.9 Å². The first-order chi connectivity index (χ1) is 7.29. The zero-order chi connectivity index (χ0) is 10.7. The SMILES string of the molecule is NCc1nccc(-c2ccc(Cl)cc2)n1. The van der Waals surface area contributed by atoms with E-state index in [4.69, 9.17) is 17.3 Å². The number of aromatic nitrogens is 2. The van der Waals surface area contributed by atoms with Crippen molar-refractivity contribution in [1.29, 1.82) is 0 Å². The first-order valence-corrected chi connectivity index (χ1v) is 4.95. The first-order valence-electron chi connectivity index (χ1n) is 4.57. The molecule has 0 atom stereocenters. The van der Waals surface area contributed by atoms with Crippen molar-refractivity contribution < 1.29 is 0 Å². The maximum absolute atomic E-state index is 5.80. The highest BCUT2D eigenvalue weighted by Gasteiger charge is 2.00. The van der Waals surface area contributed by atoms with E-state index >= 15 is 0 Å². The third-order valence-corrected chi connectivity index (χ3v) is 2.28. The summed E-state index contributed by atoms with van der Waals surface area (Å²) in [5, 5.41) is 0.715. The molecule has 3 nitrogen and oxygen atoms in total. The highest BCUT2D eigenvalue weighted by atomic mass is 35.5. The molecule has 1 aromatic carbocycles. The fraction of sp³-hybridized carbons (Fsp3) is 0.0909. The number of hydrogen-bond acceptors (Lipinski definition) is 3. The molecule has 0 aliphatic rings. The van der Waals surface area contributed by atoms with Gasteiger partial charge in [0.25, 0.3) is 0 Å². The molecule has 0 saturated carbocycles. The van der Waals surface area contributed by atoms with Crippen molar-refractivity contribution in [2.75, 3.05) is 0 Å². The van der Waals surface area contributed by atoms with Gasteiger partial charge in [-0.05, 0) is 18.2 Å². The Kier molecular flexibility index (Phi) is 2.94. The van der Waals surface area contributed by atoms with E-state index in [2.05, 4.69) is 9.97 Å². The molecule has 1 heterocycles. The lowest BCUT2D eigenvalue weighted by Gasteiger charge is -2.02. The number of benzene rings is 1. The number of nitrogens with zero attached hydrogens (tertiary/aromatic N) is 2. The Bertz CT molecular complexity index is 454. The van der Waals surface area contributed by atoms with Crippen LogP contribution in [-0.4, -0.2) is 9.97 Å². The van der Waals surface area contributed by atoms with Crippen LogP contribution in [0.5, 0.6) is 0 Å². The molecule has 0 bridgehead atoms. The van der Waals surface area contributed by atoms with E-state index in [1.807, 2.05) is 30.3 Å². The van der Waals surface area contributed by atoms with Crippen LogP contribution in [0.25, 0.3) is 11.3 Å². The van der Waals surface area contributed by atoms with E-state index < -0.39 is 0 Å². The lowest BCUT2D eigenvalue weighted by Crippen LogP contribution is -2.02. The summed E-state index contributed by atoms with van der Waals surface area (Å²) >= 11 is 5.80. The second kappa shape index (κ2) is 4.38. The van der Waals surface area contributed by atoms with Crippen molar-refractivity contribution in [2.24, 2.45) is 5.73 Å². The minimum atomic E-state index is 0.349. The van der Waals surface area contributed by atoms with Crippen molar-refractivity contribution in [3.63, 3.8) is 0 Å². The van der Waals surface area contributed by atoms with Crippen molar-refractivity contribution in [3.8, 4) is 11.3 Å². The molecule has 2 N–H and O–H groups in total. The predicted molar refractivity (Wildman–Crippen MR) is 60.4 cm³/mol. The van der Waals surface area contributed by atoms with E-state index in [9.17, 15) is 0 Å². The average molecular weight is 220 g/mol. The normalized spacial score (nSPS) is 10.3. The molecule has 0 aliphatic heterocycles. The van der Waals surface area contributed by atoms with Gasteiger partial charge in [-0.25, -0.2) is 9.97 Å². The molecule has 0 saturated heterocycles. The summed E-state index contributed by atoms with van der Waals surface area (Å²) in [6.45, 7) is 0.349. The Morgan fingerprint density at radius 3 is 2.53 bits per heavy atom. The van der Waals surface area contributed by atoms with E-state index in [1.54, 1.807) is 6.20 Å². The highest BCUT2D eigenvalue weighted by Crippen LogP contribution is 2.18. The number of halogens is 1. The zero-order valence-electron chi connectivity index (χ0n) is 8.02. The van der Waals surface area contributed by atoms with Gasteiger partial charge in [-0.2, -0.15) is 0 Å².